The van der Waals surface area contributed by atoms with E-state index in [0.29, 0.717) is 42.5 Å². The highest BCUT2D eigenvalue weighted by molar-refractivity contribution is 6.32. The molecule has 3 rings (SSSR count). The number of aryl methyl sites for hydroxylation is 1. The number of pyridine rings is 1. The number of rotatable bonds is 8. The molecule has 2 aromatic heterocycles. The summed E-state index contributed by atoms with van der Waals surface area (Å²) in [5, 5.41) is 7.25. The number of nitrogens with one attached hydrogen (secondary N) is 1. The standard InChI is InChI=1S/C18H18ClN5O2/c19-16-10-14(23-18(25)5-3-9-24-13-20-12-22-24)6-7-17(16)26-11-15-4-1-2-8-21-15/h1-2,4,6-8,10,12-13H,3,5,9,11H2,(H,23,25). The minimum Gasteiger partial charge on any atom is -0.486 e. The number of hydrogen-bond acceptors (Lipinski definition) is 5. The molecule has 134 valence electrons. The number of anilines is 1. The zero-order valence-corrected chi connectivity index (χ0v) is 14.8. The van der Waals surface area contributed by atoms with Crippen LogP contribution in [0.4, 0.5) is 5.69 Å². The van der Waals surface area contributed by atoms with E-state index in [4.69, 9.17) is 16.3 Å². The van der Waals surface area contributed by atoms with E-state index in [1.165, 1.54) is 6.33 Å². The van der Waals surface area contributed by atoms with Crippen molar-refractivity contribution in [1.82, 2.24) is 19.7 Å². The van der Waals surface area contributed by atoms with Gasteiger partial charge in [-0.2, -0.15) is 5.10 Å². The van der Waals surface area contributed by atoms with Gasteiger partial charge in [0, 0.05) is 24.8 Å². The van der Waals surface area contributed by atoms with Crippen molar-refractivity contribution in [3.8, 4) is 5.75 Å². The summed E-state index contributed by atoms with van der Waals surface area (Å²) in [4.78, 5) is 20.1. The molecule has 0 fully saturated rings. The van der Waals surface area contributed by atoms with Crippen LogP contribution in [0.3, 0.4) is 0 Å². The molecular weight excluding hydrogens is 354 g/mol. The Morgan fingerprint density at radius 2 is 2.19 bits per heavy atom. The molecule has 8 heteroatoms. The van der Waals surface area contributed by atoms with E-state index >= 15 is 0 Å². The SMILES string of the molecule is O=C(CCCn1cncn1)Nc1ccc(OCc2ccccn2)c(Cl)c1. The van der Waals surface area contributed by atoms with Gasteiger partial charge in [-0.3, -0.25) is 14.5 Å². The van der Waals surface area contributed by atoms with Gasteiger partial charge in [-0.05, 0) is 36.8 Å². The zero-order chi connectivity index (χ0) is 18.2. The minimum absolute atomic E-state index is 0.0802. The number of halogens is 1. The van der Waals surface area contributed by atoms with Crippen molar-refractivity contribution in [3.63, 3.8) is 0 Å². The molecule has 2 heterocycles. The molecule has 26 heavy (non-hydrogen) atoms. The Bertz CT molecular complexity index is 840. The highest BCUT2D eigenvalue weighted by Crippen LogP contribution is 2.28. The van der Waals surface area contributed by atoms with Gasteiger partial charge >= 0.3 is 0 Å². The van der Waals surface area contributed by atoms with Crippen LogP contribution >= 0.6 is 11.6 Å². The topological polar surface area (TPSA) is 81.9 Å². The minimum atomic E-state index is -0.0802. The summed E-state index contributed by atoms with van der Waals surface area (Å²) in [7, 11) is 0. The lowest BCUT2D eigenvalue weighted by Gasteiger charge is -2.10. The first kappa shape index (κ1) is 17.9. The Balaban J connectivity index is 1.48. The van der Waals surface area contributed by atoms with Gasteiger partial charge in [0.2, 0.25) is 5.91 Å². The summed E-state index contributed by atoms with van der Waals surface area (Å²) >= 11 is 6.24. The fourth-order valence-electron chi connectivity index (χ4n) is 2.30. The van der Waals surface area contributed by atoms with Gasteiger partial charge in [0.15, 0.2) is 0 Å². The van der Waals surface area contributed by atoms with E-state index < -0.39 is 0 Å². The molecule has 1 N–H and O–H groups in total. The fourth-order valence-corrected chi connectivity index (χ4v) is 2.54. The van der Waals surface area contributed by atoms with Gasteiger partial charge in [0.1, 0.15) is 25.0 Å². The lowest BCUT2D eigenvalue weighted by molar-refractivity contribution is -0.116. The second kappa shape index (κ2) is 8.96. The Morgan fingerprint density at radius 1 is 1.27 bits per heavy atom. The number of hydrogen-bond donors (Lipinski definition) is 1. The summed E-state index contributed by atoms with van der Waals surface area (Å²) in [6, 6.07) is 10.8. The van der Waals surface area contributed by atoms with E-state index in [-0.39, 0.29) is 5.91 Å². The third-order valence-electron chi connectivity index (χ3n) is 3.57. The predicted octanol–water partition coefficient (Wildman–Crippen LogP) is 3.32. The van der Waals surface area contributed by atoms with E-state index in [1.54, 1.807) is 35.4 Å². The van der Waals surface area contributed by atoms with Gasteiger partial charge in [0.05, 0.1) is 10.7 Å². The molecule has 0 unspecified atom stereocenters. The van der Waals surface area contributed by atoms with E-state index in [0.717, 1.165) is 5.69 Å². The van der Waals surface area contributed by atoms with Crippen LogP contribution in [-0.4, -0.2) is 25.7 Å². The fraction of sp³-hybridized carbons (Fsp3) is 0.222. The quantitative estimate of drug-likeness (QED) is 0.656. The Morgan fingerprint density at radius 3 is 2.92 bits per heavy atom. The zero-order valence-electron chi connectivity index (χ0n) is 14.0. The second-order valence-corrected chi connectivity index (χ2v) is 5.97. The van der Waals surface area contributed by atoms with Crippen LogP contribution < -0.4 is 10.1 Å². The van der Waals surface area contributed by atoms with Crippen molar-refractivity contribution in [3.05, 3.63) is 66.0 Å². The molecule has 0 aliphatic rings. The third-order valence-corrected chi connectivity index (χ3v) is 3.87. The number of carbonyl (C=O) groups excluding carboxylic acids is 1. The van der Waals surface area contributed by atoms with Crippen molar-refractivity contribution in [1.29, 1.82) is 0 Å². The Kier molecular flexibility index (Phi) is 6.16. The molecule has 0 spiro atoms. The predicted molar refractivity (Wildman–Crippen MR) is 97.9 cm³/mol. The maximum Gasteiger partial charge on any atom is 0.224 e. The van der Waals surface area contributed by atoms with Gasteiger partial charge in [-0.15, -0.1) is 0 Å². The van der Waals surface area contributed by atoms with Gasteiger partial charge in [0.25, 0.3) is 0 Å². The van der Waals surface area contributed by atoms with Gasteiger partial charge in [-0.1, -0.05) is 17.7 Å². The summed E-state index contributed by atoms with van der Waals surface area (Å²) in [5.74, 6) is 0.463. The molecule has 0 bridgehead atoms. The Labute approximate surface area is 156 Å². The van der Waals surface area contributed by atoms with E-state index in [1.807, 2.05) is 18.2 Å². The third kappa shape index (κ3) is 5.29. The Hall–Kier alpha value is -2.93. The lowest BCUT2D eigenvalue weighted by Crippen LogP contribution is -2.12. The van der Waals surface area contributed by atoms with Crippen LogP contribution in [0.25, 0.3) is 0 Å². The van der Waals surface area contributed by atoms with Crippen LogP contribution in [0.5, 0.6) is 5.75 Å². The molecule has 0 aliphatic carbocycles. The first-order chi connectivity index (χ1) is 12.7. The number of benzene rings is 1. The average Bonchev–Trinajstić information content (AvgIpc) is 3.15. The average molecular weight is 372 g/mol. The number of amides is 1. The first-order valence-corrected chi connectivity index (χ1v) is 8.53. The largest absolute Gasteiger partial charge is 0.486 e. The highest BCUT2D eigenvalue weighted by Gasteiger charge is 2.07. The molecule has 0 atom stereocenters. The van der Waals surface area contributed by atoms with Crippen LogP contribution in [0.15, 0.2) is 55.2 Å². The summed E-state index contributed by atoms with van der Waals surface area (Å²) in [5.41, 5.74) is 1.44. The van der Waals surface area contributed by atoms with Gasteiger partial charge < -0.3 is 10.1 Å². The van der Waals surface area contributed by atoms with Crippen LogP contribution in [-0.2, 0) is 17.9 Å². The molecule has 1 amide bonds. The van der Waals surface area contributed by atoms with Crippen molar-refractivity contribution in [2.45, 2.75) is 26.0 Å². The smallest absolute Gasteiger partial charge is 0.224 e. The maximum absolute atomic E-state index is 12.0. The first-order valence-electron chi connectivity index (χ1n) is 8.15. The monoisotopic (exact) mass is 371 g/mol. The van der Waals surface area contributed by atoms with Crippen LogP contribution in [0, 0.1) is 0 Å². The summed E-state index contributed by atoms with van der Waals surface area (Å²) in [6.07, 6.45) is 5.87. The normalized spacial score (nSPS) is 10.5. The molecule has 0 aliphatic heterocycles. The van der Waals surface area contributed by atoms with Crippen molar-refractivity contribution >= 4 is 23.2 Å². The molecule has 0 saturated carbocycles. The molecule has 1 aromatic carbocycles. The molecule has 3 aromatic rings. The second-order valence-electron chi connectivity index (χ2n) is 5.57. The number of ether oxygens (including phenoxy) is 1. The number of carbonyl (C=O) groups is 1. The summed E-state index contributed by atoms with van der Waals surface area (Å²) < 4.78 is 7.36. The van der Waals surface area contributed by atoms with Crippen molar-refractivity contribution < 1.29 is 9.53 Å². The summed E-state index contributed by atoms with van der Waals surface area (Å²) in [6.45, 7) is 0.975. The van der Waals surface area contributed by atoms with Gasteiger partial charge in [-0.25, -0.2) is 4.98 Å². The molecule has 7 nitrogen and oxygen atoms in total. The van der Waals surface area contributed by atoms with Crippen molar-refractivity contribution in [2.75, 3.05) is 5.32 Å². The maximum atomic E-state index is 12.0. The van der Waals surface area contributed by atoms with Crippen LogP contribution in [0.1, 0.15) is 18.5 Å². The number of nitrogens with zero attached hydrogens (tertiary/aromatic N) is 4. The molecule has 0 radical (unpaired) electrons. The van der Waals surface area contributed by atoms with E-state index in [9.17, 15) is 4.79 Å². The lowest BCUT2D eigenvalue weighted by atomic mass is 10.2. The molecular formula is C18H18ClN5O2. The highest BCUT2D eigenvalue weighted by atomic mass is 35.5. The number of aromatic nitrogens is 4. The van der Waals surface area contributed by atoms with Crippen LogP contribution in [0.2, 0.25) is 5.02 Å². The molecule has 0 saturated heterocycles. The van der Waals surface area contributed by atoms with E-state index in [2.05, 4.69) is 20.4 Å². The van der Waals surface area contributed by atoms with Crippen molar-refractivity contribution in [2.24, 2.45) is 0 Å².